The number of hydrogen-bond acceptors (Lipinski definition) is 3. The van der Waals surface area contributed by atoms with E-state index in [1.165, 1.54) is 18.2 Å². The first-order chi connectivity index (χ1) is 8.95. The number of esters is 1. The molecule has 0 radical (unpaired) electrons. The number of carbonyl (C=O) groups is 1. The Balaban J connectivity index is 2.39. The lowest BCUT2D eigenvalue weighted by Gasteiger charge is -2.27. The molecule has 0 aromatic heterocycles. The van der Waals surface area contributed by atoms with E-state index in [0.717, 1.165) is 6.54 Å². The van der Waals surface area contributed by atoms with Crippen molar-refractivity contribution in [2.24, 2.45) is 5.92 Å². The van der Waals surface area contributed by atoms with Gasteiger partial charge in [-0.25, -0.2) is 0 Å². The van der Waals surface area contributed by atoms with Crippen LogP contribution in [-0.2, 0) is 14.9 Å². The van der Waals surface area contributed by atoms with Gasteiger partial charge in [0.15, 0.2) is 0 Å². The number of hydrogen-bond donors (Lipinski definition) is 1. The molecule has 1 aromatic rings. The summed E-state index contributed by atoms with van der Waals surface area (Å²) in [5, 5.41) is 3.31. The standard InChI is InChI=1S/C16H23NO2/c1-16(2,3)14-8-6-5-7-11(14)12-9-17-10-13(12)15(18)19-4/h5-8,12-13,17H,9-10H2,1-4H3/t12-,13+/m1/s1. The van der Waals surface area contributed by atoms with Crippen LogP contribution in [0.5, 0.6) is 0 Å². The van der Waals surface area contributed by atoms with Crippen LogP contribution in [0.25, 0.3) is 0 Å². The topological polar surface area (TPSA) is 38.3 Å². The fourth-order valence-corrected chi connectivity index (χ4v) is 2.91. The number of carbonyl (C=O) groups excluding carboxylic acids is 1. The summed E-state index contributed by atoms with van der Waals surface area (Å²) < 4.78 is 4.93. The van der Waals surface area contributed by atoms with Gasteiger partial charge in [0.25, 0.3) is 0 Å². The molecule has 2 atom stereocenters. The second kappa shape index (κ2) is 5.33. The Morgan fingerprint density at radius 1 is 1.26 bits per heavy atom. The molecule has 104 valence electrons. The maximum atomic E-state index is 11.9. The SMILES string of the molecule is COC(=O)[C@H]1CNC[C@@H]1c1ccccc1C(C)(C)C. The van der Waals surface area contributed by atoms with E-state index < -0.39 is 0 Å². The second-order valence-electron chi connectivity index (χ2n) is 6.23. The first-order valence-corrected chi connectivity index (χ1v) is 6.83. The molecule has 1 aliphatic rings. The predicted molar refractivity (Wildman–Crippen MR) is 76.3 cm³/mol. The van der Waals surface area contributed by atoms with Gasteiger partial charge in [-0.05, 0) is 16.5 Å². The zero-order chi connectivity index (χ0) is 14.0. The number of rotatable bonds is 2. The maximum absolute atomic E-state index is 11.9. The molecule has 3 heteroatoms. The molecule has 1 aromatic carbocycles. The minimum absolute atomic E-state index is 0.0755. The van der Waals surface area contributed by atoms with Gasteiger partial charge in [0.1, 0.15) is 0 Å². The summed E-state index contributed by atoms with van der Waals surface area (Å²) >= 11 is 0. The van der Waals surface area contributed by atoms with Crippen LogP contribution in [0.4, 0.5) is 0 Å². The molecule has 0 aliphatic carbocycles. The van der Waals surface area contributed by atoms with Gasteiger partial charge in [-0.3, -0.25) is 4.79 Å². The monoisotopic (exact) mass is 261 g/mol. The second-order valence-corrected chi connectivity index (χ2v) is 6.23. The average molecular weight is 261 g/mol. The van der Waals surface area contributed by atoms with Crippen molar-refractivity contribution >= 4 is 5.97 Å². The predicted octanol–water partition coefficient (Wildman–Crippen LogP) is 2.46. The molecule has 0 amide bonds. The van der Waals surface area contributed by atoms with Gasteiger partial charge in [-0.15, -0.1) is 0 Å². The molecule has 2 rings (SSSR count). The Labute approximate surface area is 115 Å². The van der Waals surface area contributed by atoms with Gasteiger partial charge < -0.3 is 10.1 Å². The lowest BCUT2D eigenvalue weighted by molar-refractivity contribution is -0.145. The van der Waals surface area contributed by atoms with E-state index in [1.54, 1.807) is 0 Å². The highest BCUT2D eigenvalue weighted by molar-refractivity contribution is 5.74. The van der Waals surface area contributed by atoms with E-state index >= 15 is 0 Å². The summed E-state index contributed by atoms with van der Waals surface area (Å²) in [4.78, 5) is 11.9. The third kappa shape index (κ3) is 2.81. The van der Waals surface area contributed by atoms with E-state index in [4.69, 9.17) is 4.74 Å². The highest BCUT2D eigenvalue weighted by Gasteiger charge is 2.36. The van der Waals surface area contributed by atoms with Gasteiger partial charge in [-0.2, -0.15) is 0 Å². The summed E-state index contributed by atoms with van der Waals surface area (Å²) in [6.07, 6.45) is 0. The Morgan fingerprint density at radius 3 is 2.58 bits per heavy atom. The van der Waals surface area contributed by atoms with E-state index in [0.29, 0.717) is 6.54 Å². The summed E-state index contributed by atoms with van der Waals surface area (Å²) in [7, 11) is 1.47. The molecule has 1 saturated heterocycles. The van der Waals surface area contributed by atoms with E-state index in [9.17, 15) is 4.79 Å². The molecular weight excluding hydrogens is 238 g/mol. The van der Waals surface area contributed by atoms with E-state index in [2.05, 4.69) is 50.4 Å². The van der Waals surface area contributed by atoms with Crippen LogP contribution in [-0.4, -0.2) is 26.2 Å². The molecular formula is C16H23NO2. The lowest BCUT2D eigenvalue weighted by Crippen LogP contribution is -2.25. The van der Waals surface area contributed by atoms with Gasteiger partial charge in [0.2, 0.25) is 0 Å². The summed E-state index contributed by atoms with van der Waals surface area (Å²) in [6, 6.07) is 8.44. The zero-order valence-electron chi connectivity index (χ0n) is 12.2. The minimum Gasteiger partial charge on any atom is -0.469 e. The third-order valence-electron chi connectivity index (χ3n) is 3.89. The zero-order valence-corrected chi connectivity index (χ0v) is 12.2. The largest absolute Gasteiger partial charge is 0.469 e. The molecule has 3 nitrogen and oxygen atoms in total. The quantitative estimate of drug-likeness (QED) is 0.831. The molecule has 1 fully saturated rings. The molecule has 0 bridgehead atoms. The Morgan fingerprint density at radius 2 is 1.95 bits per heavy atom. The molecule has 0 spiro atoms. The van der Waals surface area contributed by atoms with Crippen molar-refractivity contribution in [3.05, 3.63) is 35.4 Å². The normalized spacial score (nSPS) is 23.4. The Hall–Kier alpha value is -1.35. The van der Waals surface area contributed by atoms with Crippen LogP contribution >= 0.6 is 0 Å². The average Bonchev–Trinajstić information content (AvgIpc) is 2.86. The van der Waals surface area contributed by atoms with E-state index in [1.807, 2.05) is 0 Å². The molecule has 19 heavy (non-hydrogen) atoms. The maximum Gasteiger partial charge on any atom is 0.310 e. The first-order valence-electron chi connectivity index (χ1n) is 6.83. The van der Waals surface area contributed by atoms with Gasteiger partial charge in [0.05, 0.1) is 13.0 Å². The number of methoxy groups -OCH3 is 1. The number of nitrogens with one attached hydrogen (secondary N) is 1. The summed E-state index contributed by atoms with van der Waals surface area (Å²) in [6.45, 7) is 8.17. The Kier molecular flexibility index (Phi) is 3.95. The third-order valence-corrected chi connectivity index (χ3v) is 3.89. The van der Waals surface area contributed by atoms with Crippen molar-refractivity contribution in [1.29, 1.82) is 0 Å². The van der Waals surface area contributed by atoms with Gasteiger partial charge in [-0.1, -0.05) is 45.0 Å². The van der Waals surface area contributed by atoms with Crippen molar-refractivity contribution in [3.8, 4) is 0 Å². The van der Waals surface area contributed by atoms with Gasteiger partial charge in [0, 0.05) is 19.0 Å². The van der Waals surface area contributed by atoms with Crippen molar-refractivity contribution < 1.29 is 9.53 Å². The van der Waals surface area contributed by atoms with Crippen molar-refractivity contribution in [3.63, 3.8) is 0 Å². The smallest absolute Gasteiger partial charge is 0.310 e. The van der Waals surface area contributed by atoms with Crippen molar-refractivity contribution in [2.75, 3.05) is 20.2 Å². The lowest BCUT2D eigenvalue weighted by atomic mass is 9.77. The Bertz CT molecular complexity index is 462. The summed E-state index contributed by atoms with van der Waals surface area (Å²) in [5.41, 5.74) is 2.67. The van der Waals surface area contributed by atoms with Crippen LogP contribution in [0, 0.1) is 5.92 Å². The highest BCUT2D eigenvalue weighted by atomic mass is 16.5. The van der Waals surface area contributed by atoms with Crippen LogP contribution in [0.15, 0.2) is 24.3 Å². The minimum atomic E-state index is -0.112. The van der Waals surface area contributed by atoms with Crippen LogP contribution in [0.1, 0.15) is 37.8 Å². The van der Waals surface area contributed by atoms with Crippen molar-refractivity contribution in [2.45, 2.75) is 32.1 Å². The first kappa shape index (κ1) is 14.1. The van der Waals surface area contributed by atoms with Gasteiger partial charge >= 0.3 is 5.97 Å². The highest BCUT2D eigenvalue weighted by Crippen LogP contribution is 2.36. The van der Waals surface area contributed by atoms with Crippen LogP contribution in [0.2, 0.25) is 0 Å². The molecule has 0 unspecified atom stereocenters. The fourth-order valence-electron chi connectivity index (χ4n) is 2.91. The fraction of sp³-hybridized carbons (Fsp3) is 0.562. The van der Waals surface area contributed by atoms with Crippen LogP contribution in [0.3, 0.4) is 0 Å². The van der Waals surface area contributed by atoms with E-state index in [-0.39, 0.29) is 23.2 Å². The summed E-state index contributed by atoms with van der Waals surface area (Å²) in [5.74, 6) is 0.0232. The number of ether oxygens (including phenoxy) is 1. The molecule has 1 aliphatic heterocycles. The van der Waals surface area contributed by atoms with Crippen molar-refractivity contribution in [1.82, 2.24) is 5.32 Å². The van der Waals surface area contributed by atoms with Crippen LogP contribution < -0.4 is 5.32 Å². The molecule has 0 saturated carbocycles. The number of benzene rings is 1. The molecule has 1 heterocycles. The molecule has 1 N–H and O–H groups in total.